The van der Waals surface area contributed by atoms with Gasteiger partial charge in [0.05, 0.1) is 0 Å². The first kappa shape index (κ1) is 15.0. The average Bonchev–Trinajstić information content (AvgIpc) is 3.09. The smallest absolute Gasteiger partial charge is 0.262 e. The Hall–Kier alpha value is -0.920. The molecule has 3 unspecified atom stereocenters. The largest absolute Gasteiger partial charge is 0.334 e. The van der Waals surface area contributed by atoms with Crippen LogP contribution in [0.4, 0.5) is 0 Å². The maximum Gasteiger partial charge on any atom is 0.262 e. The van der Waals surface area contributed by atoms with Crippen molar-refractivity contribution in [1.29, 1.82) is 0 Å². The number of nitrogens with one attached hydrogen (secondary N) is 1. The standard InChI is InChI=1S/C14H24N4O2S/c1-4-5-17-9-14(16-11(17)3)21(19,20)18-8-12-6-15-7-13(12)10(18)2/h9-10,12-13,15H,4-8H2,1-3H3. The van der Waals surface area contributed by atoms with Crippen molar-refractivity contribution in [3.8, 4) is 0 Å². The van der Waals surface area contributed by atoms with Crippen molar-refractivity contribution in [3.63, 3.8) is 0 Å². The molecule has 6 nitrogen and oxygen atoms in total. The lowest BCUT2D eigenvalue weighted by Crippen LogP contribution is -2.38. The zero-order chi connectivity index (χ0) is 15.2. The average molecular weight is 312 g/mol. The number of rotatable bonds is 4. The minimum Gasteiger partial charge on any atom is -0.334 e. The van der Waals surface area contributed by atoms with E-state index >= 15 is 0 Å². The predicted octanol–water partition coefficient (Wildman–Crippen LogP) is 0.830. The van der Waals surface area contributed by atoms with Gasteiger partial charge in [0.1, 0.15) is 5.82 Å². The summed E-state index contributed by atoms with van der Waals surface area (Å²) in [5.74, 6) is 1.64. The molecule has 118 valence electrons. The third-order valence-corrected chi connectivity index (χ3v) is 6.70. The second-order valence-corrected chi connectivity index (χ2v) is 8.05. The molecule has 2 aliphatic heterocycles. The Morgan fingerprint density at radius 3 is 2.86 bits per heavy atom. The third kappa shape index (κ3) is 2.41. The molecule has 0 bridgehead atoms. The lowest BCUT2D eigenvalue weighted by atomic mass is 9.95. The van der Waals surface area contributed by atoms with Crippen molar-refractivity contribution in [2.24, 2.45) is 11.8 Å². The van der Waals surface area contributed by atoms with Gasteiger partial charge in [-0.15, -0.1) is 0 Å². The van der Waals surface area contributed by atoms with Gasteiger partial charge in [0.2, 0.25) is 0 Å². The van der Waals surface area contributed by atoms with Crippen LogP contribution in [-0.2, 0) is 16.6 Å². The molecule has 2 aliphatic rings. The molecular weight excluding hydrogens is 288 g/mol. The minimum absolute atomic E-state index is 0.0478. The van der Waals surface area contributed by atoms with Gasteiger partial charge in [-0.05, 0) is 45.2 Å². The molecule has 1 aromatic heterocycles. The summed E-state index contributed by atoms with van der Waals surface area (Å²) in [6.07, 6.45) is 2.65. The van der Waals surface area contributed by atoms with Crippen LogP contribution in [0.5, 0.6) is 0 Å². The zero-order valence-corrected chi connectivity index (χ0v) is 13.7. The first-order valence-corrected chi connectivity index (χ1v) is 9.15. The highest BCUT2D eigenvalue weighted by atomic mass is 32.2. The zero-order valence-electron chi connectivity index (χ0n) is 12.9. The van der Waals surface area contributed by atoms with E-state index in [0.717, 1.165) is 31.9 Å². The summed E-state index contributed by atoms with van der Waals surface area (Å²) < 4.78 is 29.3. The first-order chi connectivity index (χ1) is 9.95. The van der Waals surface area contributed by atoms with Crippen molar-refractivity contribution in [3.05, 3.63) is 12.0 Å². The van der Waals surface area contributed by atoms with E-state index in [4.69, 9.17) is 0 Å². The highest BCUT2D eigenvalue weighted by Crippen LogP contribution is 2.35. The second kappa shape index (κ2) is 5.37. The van der Waals surface area contributed by atoms with Crippen molar-refractivity contribution < 1.29 is 8.42 Å². The van der Waals surface area contributed by atoms with Gasteiger partial charge >= 0.3 is 0 Å². The maximum absolute atomic E-state index is 12.9. The van der Waals surface area contributed by atoms with E-state index in [1.807, 2.05) is 18.4 Å². The van der Waals surface area contributed by atoms with Gasteiger partial charge < -0.3 is 9.88 Å². The predicted molar refractivity (Wildman–Crippen MR) is 80.5 cm³/mol. The van der Waals surface area contributed by atoms with Crippen LogP contribution >= 0.6 is 0 Å². The summed E-state index contributed by atoms with van der Waals surface area (Å²) in [6, 6.07) is 0.0478. The van der Waals surface area contributed by atoms with E-state index in [1.54, 1.807) is 10.5 Å². The van der Waals surface area contributed by atoms with Gasteiger partial charge in [0.15, 0.2) is 5.03 Å². The Labute approximate surface area is 126 Å². The molecule has 0 aliphatic carbocycles. The van der Waals surface area contributed by atoms with Gasteiger partial charge in [-0.3, -0.25) is 0 Å². The highest BCUT2D eigenvalue weighted by molar-refractivity contribution is 7.89. The Kier molecular flexibility index (Phi) is 3.83. The lowest BCUT2D eigenvalue weighted by Gasteiger charge is -2.22. The molecule has 2 fully saturated rings. The van der Waals surface area contributed by atoms with Crippen LogP contribution in [0.3, 0.4) is 0 Å². The fraction of sp³-hybridized carbons (Fsp3) is 0.786. The van der Waals surface area contributed by atoms with E-state index in [-0.39, 0.29) is 11.1 Å². The molecule has 0 spiro atoms. The van der Waals surface area contributed by atoms with Gasteiger partial charge in [-0.2, -0.15) is 4.31 Å². The van der Waals surface area contributed by atoms with Crippen LogP contribution in [0, 0.1) is 18.8 Å². The van der Waals surface area contributed by atoms with Crippen molar-refractivity contribution in [2.75, 3.05) is 19.6 Å². The van der Waals surface area contributed by atoms with Gasteiger partial charge in [0, 0.05) is 25.3 Å². The fourth-order valence-electron chi connectivity index (χ4n) is 3.64. The van der Waals surface area contributed by atoms with Crippen LogP contribution in [0.1, 0.15) is 26.1 Å². The lowest BCUT2D eigenvalue weighted by molar-refractivity contribution is 0.359. The molecule has 3 rings (SSSR count). The summed E-state index contributed by atoms with van der Waals surface area (Å²) in [6.45, 7) is 9.21. The number of hydrogen-bond donors (Lipinski definition) is 1. The molecule has 21 heavy (non-hydrogen) atoms. The van der Waals surface area contributed by atoms with E-state index < -0.39 is 10.0 Å². The first-order valence-electron chi connectivity index (χ1n) is 7.71. The van der Waals surface area contributed by atoms with E-state index in [1.165, 1.54) is 0 Å². The van der Waals surface area contributed by atoms with Gasteiger partial charge in [-0.25, -0.2) is 13.4 Å². The quantitative estimate of drug-likeness (QED) is 0.894. The minimum atomic E-state index is -3.48. The second-order valence-electron chi connectivity index (χ2n) is 6.22. The van der Waals surface area contributed by atoms with Crippen LogP contribution in [0.2, 0.25) is 0 Å². The fourth-order valence-corrected chi connectivity index (χ4v) is 5.37. The molecule has 0 aromatic carbocycles. The molecule has 3 heterocycles. The number of fused-ring (bicyclic) bond motifs is 1. The Morgan fingerprint density at radius 2 is 2.19 bits per heavy atom. The van der Waals surface area contributed by atoms with Gasteiger partial charge in [-0.1, -0.05) is 6.92 Å². The molecule has 0 radical (unpaired) electrons. The molecule has 1 aromatic rings. The monoisotopic (exact) mass is 312 g/mol. The molecular formula is C14H24N4O2S. The SMILES string of the molecule is CCCn1cc(S(=O)(=O)N2CC3CNCC3C2C)nc1C. The Balaban J connectivity index is 1.89. The Bertz CT molecular complexity index is 625. The number of imidazole rings is 1. The molecule has 0 saturated carbocycles. The number of nitrogens with zero attached hydrogens (tertiary/aromatic N) is 3. The van der Waals surface area contributed by atoms with E-state index in [2.05, 4.69) is 17.2 Å². The summed E-state index contributed by atoms with van der Waals surface area (Å²) in [5.41, 5.74) is 0. The number of hydrogen-bond acceptors (Lipinski definition) is 4. The maximum atomic E-state index is 12.9. The molecule has 0 amide bonds. The molecule has 7 heteroatoms. The van der Waals surface area contributed by atoms with Gasteiger partial charge in [0.25, 0.3) is 10.0 Å². The highest BCUT2D eigenvalue weighted by Gasteiger charge is 2.47. The van der Waals surface area contributed by atoms with Crippen LogP contribution in [0.25, 0.3) is 0 Å². The van der Waals surface area contributed by atoms with Crippen LogP contribution < -0.4 is 5.32 Å². The van der Waals surface area contributed by atoms with Crippen molar-refractivity contribution in [1.82, 2.24) is 19.2 Å². The third-order valence-electron chi connectivity index (χ3n) is 4.87. The normalized spacial score (nSPS) is 30.0. The molecule has 1 N–H and O–H groups in total. The van der Waals surface area contributed by atoms with Crippen molar-refractivity contribution >= 4 is 10.0 Å². The molecule has 3 atom stereocenters. The number of sulfonamides is 1. The summed E-state index contributed by atoms with van der Waals surface area (Å²) in [7, 11) is -3.48. The summed E-state index contributed by atoms with van der Waals surface area (Å²) in [5, 5.41) is 3.56. The van der Waals surface area contributed by atoms with Crippen molar-refractivity contribution in [2.45, 2.75) is 44.8 Å². The molecule has 2 saturated heterocycles. The topological polar surface area (TPSA) is 67.2 Å². The van der Waals surface area contributed by atoms with E-state index in [0.29, 0.717) is 18.4 Å². The van der Waals surface area contributed by atoms with Crippen LogP contribution in [0.15, 0.2) is 11.2 Å². The van der Waals surface area contributed by atoms with Crippen LogP contribution in [-0.4, -0.2) is 48.0 Å². The number of aromatic nitrogens is 2. The Morgan fingerprint density at radius 1 is 1.43 bits per heavy atom. The van der Waals surface area contributed by atoms with E-state index in [9.17, 15) is 8.42 Å². The summed E-state index contributed by atoms with van der Waals surface area (Å²) >= 11 is 0. The number of aryl methyl sites for hydroxylation is 2. The summed E-state index contributed by atoms with van der Waals surface area (Å²) in [4.78, 5) is 4.29.